The Labute approximate surface area is 185 Å². The highest BCUT2D eigenvalue weighted by Crippen LogP contribution is 2.63. The van der Waals surface area contributed by atoms with E-state index in [-0.39, 0.29) is 35.4 Å². The van der Waals surface area contributed by atoms with Gasteiger partial charge in [0, 0.05) is 12.3 Å². The van der Waals surface area contributed by atoms with Crippen LogP contribution in [-0.4, -0.2) is 43.1 Å². The van der Waals surface area contributed by atoms with Crippen LogP contribution >= 0.6 is 0 Å². The Bertz CT molecular complexity index is 813. The summed E-state index contributed by atoms with van der Waals surface area (Å²) < 4.78 is 22.9. The summed E-state index contributed by atoms with van der Waals surface area (Å²) >= 11 is 0. The van der Waals surface area contributed by atoms with Crippen LogP contribution in [0.3, 0.4) is 0 Å². The second-order valence-corrected chi connectivity index (χ2v) is 10.7. The molecule has 0 aromatic rings. The van der Waals surface area contributed by atoms with E-state index in [2.05, 4.69) is 20.4 Å². The van der Waals surface area contributed by atoms with Gasteiger partial charge in [0.15, 0.2) is 11.9 Å². The minimum atomic E-state index is -0.610. The Hall–Kier alpha value is -1.66. The molecule has 4 fully saturated rings. The smallest absolute Gasteiger partial charge is 0.337 e. The maximum Gasteiger partial charge on any atom is 0.337 e. The number of carbonyl (C=O) groups is 2. The highest BCUT2D eigenvalue weighted by Gasteiger charge is 2.60. The Morgan fingerprint density at radius 1 is 1.23 bits per heavy atom. The fourth-order valence-corrected chi connectivity index (χ4v) is 6.71. The standard InChI is InChI=1S/C25H36O6/c1-15-7-10-20-24(5,12-11-21-25(20,6)14-29-23(3,4)31-21)18(15)9-8-17-19(30-16(2)26)13-28-22(17)27/h8,18-21H,1,7,9-14H2,2-6H3/b17-8-. The summed E-state index contributed by atoms with van der Waals surface area (Å²) in [5, 5.41) is 0. The highest BCUT2D eigenvalue weighted by molar-refractivity contribution is 5.92. The van der Waals surface area contributed by atoms with E-state index < -0.39 is 17.9 Å². The first kappa shape index (κ1) is 22.5. The molecule has 2 saturated heterocycles. The normalized spacial score (nSPS) is 43.2. The molecule has 6 heteroatoms. The van der Waals surface area contributed by atoms with Crippen LogP contribution < -0.4 is 0 Å². The Morgan fingerprint density at radius 2 is 1.97 bits per heavy atom. The van der Waals surface area contributed by atoms with Gasteiger partial charge in [-0.3, -0.25) is 4.79 Å². The van der Waals surface area contributed by atoms with Gasteiger partial charge in [-0.2, -0.15) is 0 Å². The molecule has 0 N–H and O–H groups in total. The molecule has 0 bridgehead atoms. The molecule has 0 aromatic carbocycles. The van der Waals surface area contributed by atoms with Crippen molar-refractivity contribution >= 4 is 11.9 Å². The van der Waals surface area contributed by atoms with E-state index in [9.17, 15) is 9.59 Å². The van der Waals surface area contributed by atoms with E-state index in [4.69, 9.17) is 18.9 Å². The molecule has 31 heavy (non-hydrogen) atoms. The molecular weight excluding hydrogens is 396 g/mol. The Morgan fingerprint density at radius 3 is 2.68 bits per heavy atom. The number of ether oxygens (including phenoxy) is 4. The fourth-order valence-electron chi connectivity index (χ4n) is 6.71. The lowest BCUT2D eigenvalue weighted by molar-refractivity contribution is -0.344. The largest absolute Gasteiger partial charge is 0.458 e. The molecule has 2 saturated carbocycles. The molecule has 6 unspecified atom stereocenters. The molecule has 2 aliphatic carbocycles. The van der Waals surface area contributed by atoms with Gasteiger partial charge in [0.05, 0.1) is 18.3 Å². The third-order valence-corrected chi connectivity index (χ3v) is 8.30. The van der Waals surface area contributed by atoms with Crippen LogP contribution in [-0.2, 0) is 28.5 Å². The minimum absolute atomic E-state index is 0.0405. The van der Waals surface area contributed by atoms with Gasteiger partial charge in [-0.05, 0) is 63.2 Å². The first-order chi connectivity index (χ1) is 14.5. The summed E-state index contributed by atoms with van der Waals surface area (Å²) in [4.78, 5) is 23.7. The maximum absolute atomic E-state index is 12.2. The molecule has 6 atom stereocenters. The van der Waals surface area contributed by atoms with Crippen LogP contribution in [0.15, 0.2) is 23.8 Å². The maximum atomic E-state index is 12.2. The predicted molar refractivity (Wildman–Crippen MR) is 115 cm³/mol. The summed E-state index contributed by atoms with van der Waals surface area (Å²) in [6, 6.07) is 0. The molecule has 172 valence electrons. The monoisotopic (exact) mass is 432 g/mol. The molecule has 0 amide bonds. The Kier molecular flexibility index (Phi) is 5.62. The highest BCUT2D eigenvalue weighted by atomic mass is 16.7. The molecule has 0 spiro atoms. The average molecular weight is 433 g/mol. The summed E-state index contributed by atoms with van der Waals surface area (Å²) in [7, 11) is 0. The average Bonchev–Trinajstić information content (AvgIpc) is 3.01. The van der Waals surface area contributed by atoms with E-state index in [1.54, 1.807) is 0 Å². The van der Waals surface area contributed by atoms with Crippen LogP contribution in [0.25, 0.3) is 0 Å². The van der Waals surface area contributed by atoms with Crippen molar-refractivity contribution < 1.29 is 28.5 Å². The summed E-state index contributed by atoms with van der Waals surface area (Å²) in [6.45, 7) is 15.3. The van der Waals surface area contributed by atoms with Crippen molar-refractivity contribution in [2.75, 3.05) is 13.2 Å². The van der Waals surface area contributed by atoms with Crippen LogP contribution in [0.1, 0.15) is 66.7 Å². The molecule has 0 aromatic heterocycles. The van der Waals surface area contributed by atoms with E-state index in [1.807, 2.05) is 19.9 Å². The van der Waals surface area contributed by atoms with Crippen molar-refractivity contribution in [1.29, 1.82) is 0 Å². The molecule has 4 rings (SSSR count). The number of rotatable bonds is 3. The third-order valence-electron chi connectivity index (χ3n) is 8.30. The van der Waals surface area contributed by atoms with Crippen LogP contribution in [0, 0.1) is 22.7 Å². The molecule has 2 heterocycles. The van der Waals surface area contributed by atoms with E-state index >= 15 is 0 Å². The Balaban J connectivity index is 1.59. The third kappa shape index (κ3) is 3.86. The predicted octanol–water partition coefficient (Wildman–Crippen LogP) is 4.33. The number of esters is 2. The summed E-state index contributed by atoms with van der Waals surface area (Å²) in [5.41, 5.74) is 1.71. The molecule has 6 nitrogen and oxygen atoms in total. The number of cyclic esters (lactones) is 1. The number of carbonyl (C=O) groups excluding carboxylic acids is 2. The fraction of sp³-hybridized carbons (Fsp3) is 0.760. The van der Waals surface area contributed by atoms with Gasteiger partial charge in [-0.25, -0.2) is 4.79 Å². The van der Waals surface area contributed by atoms with E-state index in [1.165, 1.54) is 12.5 Å². The lowest BCUT2D eigenvalue weighted by Gasteiger charge is -2.63. The zero-order valence-electron chi connectivity index (χ0n) is 19.5. The van der Waals surface area contributed by atoms with Crippen molar-refractivity contribution in [3.63, 3.8) is 0 Å². The topological polar surface area (TPSA) is 71.1 Å². The SMILES string of the molecule is C=C1CCC2C3(C)COC(C)(C)OC3CCC2(C)C1C/C=C1\C(=O)OCC1OC(C)=O. The van der Waals surface area contributed by atoms with Gasteiger partial charge in [0.25, 0.3) is 0 Å². The number of allylic oxidation sites excluding steroid dienone is 2. The van der Waals surface area contributed by atoms with E-state index in [0.29, 0.717) is 24.5 Å². The minimum Gasteiger partial charge on any atom is -0.458 e. The lowest BCUT2D eigenvalue weighted by Crippen LogP contribution is -2.62. The lowest BCUT2D eigenvalue weighted by atomic mass is 9.46. The molecule has 2 aliphatic heterocycles. The van der Waals surface area contributed by atoms with E-state index in [0.717, 1.165) is 25.7 Å². The van der Waals surface area contributed by atoms with Crippen molar-refractivity contribution in [1.82, 2.24) is 0 Å². The first-order valence-corrected chi connectivity index (χ1v) is 11.5. The van der Waals surface area contributed by atoms with Gasteiger partial charge in [0.1, 0.15) is 6.61 Å². The van der Waals surface area contributed by atoms with Crippen LogP contribution in [0.5, 0.6) is 0 Å². The summed E-state index contributed by atoms with van der Waals surface area (Å²) in [6.07, 6.45) is 6.31. The van der Waals surface area contributed by atoms with Gasteiger partial charge in [-0.1, -0.05) is 32.1 Å². The van der Waals surface area contributed by atoms with Crippen LogP contribution in [0.2, 0.25) is 0 Å². The zero-order chi connectivity index (χ0) is 22.6. The van der Waals surface area contributed by atoms with Gasteiger partial charge >= 0.3 is 11.9 Å². The summed E-state index contributed by atoms with van der Waals surface area (Å²) in [5.74, 6) is -0.633. The number of fused-ring (bicyclic) bond motifs is 3. The molecule has 0 radical (unpaired) electrons. The second kappa shape index (κ2) is 7.73. The van der Waals surface area contributed by atoms with Crippen molar-refractivity contribution in [3.05, 3.63) is 23.8 Å². The zero-order valence-corrected chi connectivity index (χ0v) is 19.5. The van der Waals surface area contributed by atoms with Crippen molar-refractivity contribution in [2.45, 2.75) is 84.7 Å². The first-order valence-electron chi connectivity index (χ1n) is 11.5. The molecule has 4 aliphatic rings. The van der Waals surface area contributed by atoms with Gasteiger partial charge < -0.3 is 18.9 Å². The van der Waals surface area contributed by atoms with Crippen LogP contribution in [0.4, 0.5) is 0 Å². The number of hydrogen-bond acceptors (Lipinski definition) is 6. The molecular formula is C25H36O6. The van der Waals surface area contributed by atoms with Crippen molar-refractivity contribution in [2.24, 2.45) is 22.7 Å². The van der Waals surface area contributed by atoms with Crippen molar-refractivity contribution in [3.8, 4) is 0 Å². The quantitative estimate of drug-likeness (QED) is 0.376. The van der Waals surface area contributed by atoms with Gasteiger partial charge in [0.2, 0.25) is 0 Å². The van der Waals surface area contributed by atoms with Gasteiger partial charge in [-0.15, -0.1) is 0 Å². The number of hydrogen-bond donors (Lipinski definition) is 0. The second-order valence-electron chi connectivity index (χ2n) is 10.7.